The summed E-state index contributed by atoms with van der Waals surface area (Å²) in [5.41, 5.74) is 8.24. The molecule has 0 atom stereocenters. The van der Waals surface area contributed by atoms with E-state index in [1.807, 2.05) is 91.0 Å². The average Bonchev–Trinajstić information content (AvgIpc) is 3.87. The smallest absolute Gasteiger partial charge is 0.165 e. The normalized spacial score (nSPS) is 12.8. The van der Waals surface area contributed by atoms with Crippen molar-refractivity contribution in [2.45, 2.75) is 0 Å². The molecule has 0 fully saturated rings. The fourth-order valence-corrected chi connectivity index (χ4v) is 9.03. The van der Waals surface area contributed by atoms with Crippen LogP contribution in [0.25, 0.3) is 104 Å². The van der Waals surface area contributed by atoms with E-state index in [0.29, 0.717) is 23.0 Å². The van der Waals surface area contributed by atoms with Crippen molar-refractivity contribution in [1.29, 1.82) is 0 Å². The molecular formula is C51H32N4S. The molecule has 3 aromatic heterocycles. The lowest BCUT2D eigenvalue weighted by Gasteiger charge is -2.14. The number of nitrogens with zero attached hydrogens (tertiary/aromatic N) is 4. The van der Waals surface area contributed by atoms with Crippen LogP contribution >= 0.6 is 11.3 Å². The molecule has 8 aromatic carbocycles. The van der Waals surface area contributed by atoms with Gasteiger partial charge in [-0.3, -0.25) is 0 Å². The minimum Gasteiger partial charge on any atom is -0.309 e. The Kier molecular flexibility index (Phi) is 6.49. The van der Waals surface area contributed by atoms with E-state index in [1.54, 1.807) is 11.3 Å². The van der Waals surface area contributed by atoms with Crippen LogP contribution in [0.4, 0.5) is 0 Å². The molecule has 3 heterocycles. The van der Waals surface area contributed by atoms with Gasteiger partial charge in [-0.2, -0.15) is 0 Å². The Bertz CT molecular complexity index is 3470. The van der Waals surface area contributed by atoms with E-state index in [-0.39, 0.29) is 29.7 Å². The van der Waals surface area contributed by atoms with E-state index in [0.717, 1.165) is 75.5 Å². The van der Waals surface area contributed by atoms with Crippen molar-refractivity contribution in [3.05, 3.63) is 194 Å². The van der Waals surface area contributed by atoms with E-state index in [4.69, 9.17) is 21.8 Å². The van der Waals surface area contributed by atoms with E-state index in [2.05, 4.69) is 77.4 Å². The van der Waals surface area contributed by atoms with E-state index < -0.39 is 6.04 Å². The van der Waals surface area contributed by atoms with Gasteiger partial charge in [0.05, 0.1) is 17.9 Å². The van der Waals surface area contributed by atoms with Crippen LogP contribution in [0.1, 0.15) is 6.85 Å². The Labute approximate surface area is 334 Å². The largest absolute Gasteiger partial charge is 0.309 e. The summed E-state index contributed by atoms with van der Waals surface area (Å²) in [6, 6.07) is 53.5. The van der Waals surface area contributed by atoms with Gasteiger partial charge in [0.2, 0.25) is 0 Å². The van der Waals surface area contributed by atoms with Crippen molar-refractivity contribution < 1.29 is 6.85 Å². The highest BCUT2D eigenvalue weighted by Crippen LogP contribution is 2.46. The van der Waals surface area contributed by atoms with Gasteiger partial charge in [-0.25, -0.2) is 15.0 Å². The van der Waals surface area contributed by atoms with Crippen LogP contribution in [0.3, 0.4) is 0 Å². The Morgan fingerprint density at radius 1 is 0.429 bits per heavy atom. The quantitative estimate of drug-likeness (QED) is 0.171. The van der Waals surface area contributed by atoms with Crippen LogP contribution in [0.5, 0.6) is 0 Å². The van der Waals surface area contributed by atoms with Crippen molar-refractivity contribution in [2.75, 3.05) is 0 Å². The van der Waals surface area contributed by atoms with E-state index >= 15 is 0 Å². The maximum Gasteiger partial charge on any atom is 0.165 e. The Morgan fingerprint density at radius 2 is 1.02 bits per heavy atom. The molecule has 0 N–H and O–H groups in total. The number of rotatable bonds is 6. The molecule has 0 spiro atoms. The fourth-order valence-electron chi connectivity index (χ4n) is 7.81. The van der Waals surface area contributed by atoms with Gasteiger partial charge < -0.3 is 4.57 Å². The van der Waals surface area contributed by atoms with Crippen LogP contribution in [0.15, 0.2) is 194 Å². The van der Waals surface area contributed by atoms with Gasteiger partial charge in [-0.05, 0) is 58.7 Å². The molecule has 262 valence electrons. The second kappa shape index (κ2) is 13.3. The molecule has 0 aliphatic carbocycles. The summed E-state index contributed by atoms with van der Waals surface area (Å²) >= 11 is 1.57. The zero-order valence-corrected chi connectivity index (χ0v) is 30.6. The van der Waals surface area contributed by atoms with Crippen LogP contribution in [-0.2, 0) is 0 Å². The van der Waals surface area contributed by atoms with Crippen molar-refractivity contribution in [1.82, 2.24) is 19.5 Å². The van der Waals surface area contributed by atoms with E-state index in [1.165, 1.54) is 0 Å². The molecule has 0 saturated heterocycles. The molecule has 0 aliphatic heterocycles. The van der Waals surface area contributed by atoms with Gasteiger partial charge >= 0.3 is 0 Å². The summed E-state index contributed by atoms with van der Waals surface area (Å²) in [4.78, 5) is 15.6. The first-order valence-electron chi connectivity index (χ1n) is 20.9. The monoisotopic (exact) mass is 737 g/mol. The predicted molar refractivity (Wildman–Crippen MR) is 234 cm³/mol. The lowest BCUT2D eigenvalue weighted by atomic mass is 9.98. The molecule has 11 aromatic rings. The maximum absolute atomic E-state index is 9.00. The molecule has 0 aliphatic rings. The SMILES string of the molecule is [2H]c1c([2H])c([2H])c(-c2cccc3sc4c(-c5nc(-c6ccccc6)nc(-c6cccc(-c7ccccc7)c6)n5)cc(-n5c6ccccc6c6ccccc65)cc4c23)c([2H])c1[2H]. The summed E-state index contributed by atoms with van der Waals surface area (Å²) in [6.45, 7) is 0. The third-order valence-electron chi connectivity index (χ3n) is 10.3. The topological polar surface area (TPSA) is 43.6 Å². The number of hydrogen-bond donors (Lipinski definition) is 0. The Hall–Kier alpha value is -7.21. The first kappa shape index (κ1) is 27.4. The molecule has 0 bridgehead atoms. The van der Waals surface area contributed by atoms with Gasteiger partial charge in [-0.15, -0.1) is 11.3 Å². The third-order valence-corrected chi connectivity index (χ3v) is 11.5. The maximum atomic E-state index is 9.00. The molecule has 4 nitrogen and oxygen atoms in total. The van der Waals surface area contributed by atoms with Crippen LogP contribution in [0, 0.1) is 0 Å². The van der Waals surface area contributed by atoms with Crippen LogP contribution in [0.2, 0.25) is 0 Å². The minimum atomic E-state index is -0.425. The molecular weight excluding hydrogens is 701 g/mol. The highest BCUT2D eigenvalue weighted by Gasteiger charge is 2.22. The number of hydrogen-bond acceptors (Lipinski definition) is 4. The molecule has 0 radical (unpaired) electrons. The number of para-hydroxylation sites is 2. The predicted octanol–water partition coefficient (Wildman–Crippen LogP) is 13.7. The van der Waals surface area contributed by atoms with Gasteiger partial charge in [0.25, 0.3) is 0 Å². The van der Waals surface area contributed by atoms with Crippen LogP contribution < -0.4 is 0 Å². The molecule has 11 rings (SSSR count). The average molecular weight is 738 g/mol. The third kappa shape index (κ3) is 5.40. The van der Waals surface area contributed by atoms with Gasteiger partial charge in [0, 0.05) is 53.3 Å². The van der Waals surface area contributed by atoms with Gasteiger partial charge in [0.15, 0.2) is 17.5 Å². The Morgan fingerprint density at radius 3 is 1.75 bits per heavy atom. The standard InChI is InChI=1S/C51H32N4S/c1-4-16-33(17-5-1)36-22-14-23-37(30-36)50-52-49(35-20-8-3-9-21-35)53-51(54-50)43-32-38(55-44-27-12-10-24-40(44)41-25-11-13-28-45(41)55)31-42-47-39(34-18-6-2-7-19-34)26-15-29-46(47)56-48(42)43/h1-32H/i2D,6D,7D,18D,19D. The Balaban J connectivity index is 1.25. The number of aromatic nitrogens is 4. The lowest BCUT2D eigenvalue weighted by Crippen LogP contribution is -2.01. The van der Waals surface area contributed by atoms with Crippen molar-refractivity contribution in [3.8, 4) is 62.1 Å². The molecule has 0 amide bonds. The summed E-state index contributed by atoms with van der Waals surface area (Å²) in [5, 5.41) is 3.87. The number of benzene rings is 8. The summed E-state index contributed by atoms with van der Waals surface area (Å²) < 4.78 is 47.5. The first-order valence-corrected chi connectivity index (χ1v) is 19.2. The lowest BCUT2D eigenvalue weighted by molar-refractivity contribution is 1.07. The molecule has 0 unspecified atom stereocenters. The number of fused-ring (bicyclic) bond motifs is 6. The zero-order valence-electron chi connectivity index (χ0n) is 34.8. The zero-order chi connectivity index (χ0) is 41.4. The highest BCUT2D eigenvalue weighted by molar-refractivity contribution is 7.26. The fraction of sp³-hybridized carbons (Fsp3) is 0. The van der Waals surface area contributed by atoms with Crippen molar-refractivity contribution in [3.63, 3.8) is 0 Å². The van der Waals surface area contributed by atoms with Crippen molar-refractivity contribution in [2.24, 2.45) is 0 Å². The number of thiophene rings is 1. The van der Waals surface area contributed by atoms with Crippen LogP contribution in [-0.4, -0.2) is 19.5 Å². The van der Waals surface area contributed by atoms with E-state index in [9.17, 15) is 0 Å². The first-order chi connectivity index (χ1) is 29.8. The minimum absolute atomic E-state index is 0.159. The second-order valence-electron chi connectivity index (χ2n) is 13.6. The van der Waals surface area contributed by atoms with Crippen molar-refractivity contribution >= 4 is 53.3 Å². The molecule has 5 heteroatoms. The second-order valence-corrected chi connectivity index (χ2v) is 14.7. The summed E-state index contributed by atoms with van der Waals surface area (Å²) in [7, 11) is 0. The summed E-state index contributed by atoms with van der Waals surface area (Å²) in [6.07, 6.45) is 0. The molecule has 0 saturated carbocycles. The summed E-state index contributed by atoms with van der Waals surface area (Å²) in [5.74, 6) is 1.54. The highest BCUT2D eigenvalue weighted by atomic mass is 32.1. The molecule has 56 heavy (non-hydrogen) atoms. The van der Waals surface area contributed by atoms with Gasteiger partial charge in [0.1, 0.15) is 0 Å². The van der Waals surface area contributed by atoms with Gasteiger partial charge in [-0.1, -0.05) is 158 Å².